The molecule has 0 aromatic carbocycles. The van der Waals surface area contributed by atoms with E-state index in [0.717, 1.165) is 0 Å². The number of hydrogen-bond acceptors (Lipinski definition) is 3. The Morgan fingerprint density at radius 3 is 1.29 bits per heavy atom. The van der Waals surface area contributed by atoms with E-state index in [1.165, 1.54) is 14.2 Å². The Morgan fingerprint density at radius 1 is 1.00 bits per heavy atom. The molecule has 3 heteroatoms. The zero-order valence-electron chi connectivity index (χ0n) is 5.32. The third kappa shape index (κ3) is 25.0. The van der Waals surface area contributed by atoms with E-state index in [2.05, 4.69) is 15.3 Å². The van der Waals surface area contributed by atoms with Crippen molar-refractivity contribution in [3.63, 3.8) is 0 Å². The van der Waals surface area contributed by atoms with Crippen molar-refractivity contribution in [1.29, 1.82) is 0 Å². The van der Waals surface area contributed by atoms with Crippen molar-refractivity contribution in [1.82, 2.24) is 5.64 Å². The van der Waals surface area contributed by atoms with Gasteiger partial charge in [-0.25, -0.2) is 0 Å². The highest BCUT2D eigenvalue weighted by molar-refractivity contribution is 3.62. The van der Waals surface area contributed by atoms with E-state index in [9.17, 15) is 0 Å². The lowest BCUT2D eigenvalue weighted by molar-refractivity contribution is -0.130. The molecule has 0 radical (unpaired) electrons. The summed E-state index contributed by atoms with van der Waals surface area (Å²) in [7, 11) is 2.95. The van der Waals surface area contributed by atoms with Crippen molar-refractivity contribution in [2.24, 2.45) is 0 Å². The Kier molecular flexibility index (Phi) is 24.1. The molecule has 7 heavy (non-hydrogen) atoms. The van der Waals surface area contributed by atoms with E-state index in [4.69, 9.17) is 0 Å². The van der Waals surface area contributed by atoms with Gasteiger partial charge in [0.05, 0.1) is 14.2 Å². The molecule has 0 aliphatic carbocycles. The third-order valence-corrected chi connectivity index (χ3v) is 0.167. The summed E-state index contributed by atoms with van der Waals surface area (Å²) in [5.74, 6) is 0. The second kappa shape index (κ2) is 16.9. The molecule has 0 aromatic heterocycles. The summed E-state index contributed by atoms with van der Waals surface area (Å²) in [4.78, 5) is 8.44. The van der Waals surface area contributed by atoms with Crippen molar-refractivity contribution in [2.75, 3.05) is 14.2 Å². The van der Waals surface area contributed by atoms with E-state index in [-0.39, 0.29) is 0 Å². The maximum absolute atomic E-state index is 4.22. The second-order valence-electron chi connectivity index (χ2n) is 0.492. The van der Waals surface area contributed by atoms with E-state index in [1.54, 1.807) is 0 Å². The van der Waals surface area contributed by atoms with Gasteiger partial charge in [-0.15, -0.1) is 0 Å². The van der Waals surface area contributed by atoms with Crippen LogP contribution in [-0.2, 0) is 9.68 Å². The van der Waals surface area contributed by atoms with Crippen LogP contribution in [0.2, 0.25) is 0 Å². The van der Waals surface area contributed by atoms with Crippen LogP contribution in [0.3, 0.4) is 0 Å². The summed E-state index contributed by atoms with van der Waals surface area (Å²) in [5.41, 5.74) is 2.11. The minimum absolute atomic E-state index is 1.48. The van der Waals surface area contributed by atoms with Gasteiger partial charge >= 0.3 is 0 Å². The molecule has 0 aliphatic heterocycles. The monoisotopic (exact) mass is 107 g/mol. The molecule has 3 nitrogen and oxygen atoms in total. The van der Waals surface area contributed by atoms with Crippen molar-refractivity contribution >= 4 is 0 Å². The average Bonchev–Trinajstić information content (AvgIpc) is 1.75. The average molecular weight is 107 g/mol. The Morgan fingerprint density at radius 2 is 1.29 bits per heavy atom. The predicted octanol–water partition coefficient (Wildman–Crippen LogP) is 0.725. The van der Waals surface area contributed by atoms with Crippen LogP contribution in [0.15, 0.2) is 0 Å². The van der Waals surface area contributed by atoms with Crippen LogP contribution in [0.25, 0.3) is 0 Å². The first-order valence-corrected chi connectivity index (χ1v) is 2.22. The molecule has 1 N–H and O–H groups in total. The van der Waals surface area contributed by atoms with Gasteiger partial charge in [-0.05, 0) is 0 Å². The van der Waals surface area contributed by atoms with Gasteiger partial charge in [0.15, 0.2) is 0 Å². The Hall–Kier alpha value is -0.120. The first-order valence-electron chi connectivity index (χ1n) is 2.22. The lowest BCUT2D eigenvalue weighted by atomic mass is 11.0. The highest BCUT2D eigenvalue weighted by Crippen LogP contribution is 1.46. The Bertz CT molecular complexity index is 17.2. The van der Waals surface area contributed by atoms with Gasteiger partial charge in [0.25, 0.3) is 0 Å². The van der Waals surface area contributed by atoms with Crippen LogP contribution in [0.1, 0.15) is 13.8 Å². The minimum atomic E-state index is 1.48. The van der Waals surface area contributed by atoms with Crippen LogP contribution in [0.4, 0.5) is 0 Å². The number of hydrogen-bond donors (Lipinski definition) is 1. The molecule has 0 aliphatic rings. The molecule has 0 fully saturated rings. The van der Waals surface area contributed by atoms with Crippen molar-refractivity contribution in [3.05, 3.63) is 0 Å². The van der Waals surface area contributed by atoms with Gasteiger partial charge in [-0.3, -0.25) is 9.68 Å². The minimum Gasteiger partial charge on any atom is -0.280 e. The van der Waals surface area contributed by atoms with Gasteiger partial charge in [0.1, 0.15) is 0 Å². The van der Waals surface area contributed by atoms with E-state index >= 15 is 0 Å². The van der Waals surface area contributed by atoms with Gasteiger partial charge in [0, 0.05) is 0 Å². The van der Waals surface area contributed by atoms with Crippen LogP contribution >= 0.6 is 0 Å². The van der Waals surface area contributed by atoms with Crippen molar-refractivity contribution < 1.29 is 9.68 Å². The van der Waals surface area contributed by atoms with Crippen LogP contribution < -0.4 is 5.64 Å². The quantitative estimate of drug-likeness (QED) is 0.527. The molecule has 0 rings (SSSR count). The molecular formula is C4H13NO2. The smallest absolute Gasteiger partial charge is 0.0599 e. The van der Waals surface area contributed by atoms with E-state index in [1.807, 2.05) is 13.8 Å². The Balaban J connectivity index is 0. The summed E-state index contributed by atoms with van der Waals surface area (Å²) >= 11 is 0. The SMILES string of the molecule is CC.CONOC. The number of nitrogens with one attached hydrogen (secondary N) is 1. The molecule has 0 amide bonds. The highest BCUT2D eigenvalue weighted by Gasteiger charge is 1.58. The second-order valence-corrected chi connectivity index (χ2v) is 0.492. The maximum Gasteiger partial charge on any atom is 0.0599 e. The van der Waals surface area contributed by atoms with E-state index < -0.39 is 0 Å². The fourth-order valence-electron chi connectivity index (χ4n) is 0.0833. The number of rotatable bonds is 2. The largest absolute Gasteiger partial charge is 0.280 e. The highest BCUT2D eigenvalue weighted by atomic mass is 16.9. The molecule has 0 unspecified atom stereocenters. The third-order valence-electron chi connectivity index (χ3n) is 0.167. The molecule has 46 valence electrons. The topological polar surface area (TPSA) is 30.5 Å². The summed E-state index contributed by atoms with van der Waals surface area (Å²) in [6, 6.07) is 0. The summed E-state index contributed by atoms with van der Waals surface area (Å²) in [6.45, 7) is 4.00. The van der Waals surface area contributed by atoms with Crippen molar-refractivity contribution in [2.45, 2.75) is 13.8 Å². The van der Waals surface area contributed by atoms with Crippen LogP contribution in [0, 0.1) is 0 Å². The molecule has 0 bridgehead atoms. The summed E-state index contributed by atoms with van der Waals surface area (Å²) in [6.07, 6.45) is 0. The zero-order chi connectivity index (χ0) is 6.12. The molecule has 0 aromatic rings. The first-order chi connectivity index (χ1) is 3.41. The standard InChI is InChI=1S/C2H7NO2.C2H6/c1-4-3-5-2;1-2/h3H,1-2H3;1-2H3. The van der Waals surface area contributed by atoms with Gasteiger partial charge < -0.3 is 0 Å². The van der Waals surface area contributed by atoms with Gasteiger partial charge in [-0.1, -0.05) is 19.5 Å². The molecule has 0 atom stereocenters. The van der Waals surface area contributed by atoms with Gasteiger partial charge in [0.2, 0.25) is 0 Å². The fraction of sp³-hybridized carbons (Fsp3) is 1.00. The predicted molar refractivity (Wildman–Crippen MR) is 28.5 cm³/mol. The van der Waals surface area contributed by atoms with Gasteiger partial charge in [-0.2, -0.15) is 0 Å². The molecule has 0 heterocycles. The van der Waals surface area contributed by atoms with Crippen molar-refractivity contribution in [3.8, 4) is 0 Å². The molecule has 0 saturated heterocycles. The Labute approximate surface area is 44.5 Å². The summed E-state index contributed by atoms with van der Waals surface area (Å²) < 4.78 is 0. The zero-order valence-corrected chi connectivity index (χ0v) is 5.32. The first kappa shape index (κ1) is 9.99. The molecule has 0 spiro atoms. The molecule has 0 saturated carbocycles. The lowest BCUT2D eigenvalue weighted by Crippen LogP contribution is -2.07. The van der Waals surface area contributed by atoms with Crippen LogP contribution in [0.5, 0.6) is 0 Å². The lowest BCUT2D eigenvalue weighted by Gasteiger charge is -1.89. The van der Waals surface area contributed by atoms with E-state index in [0.29, 0.717) is 0 Å². The fourth-order valence-corrected chi connectivity index (χ4v) is 0.0833. The maximum atomic E-state index is 4.22. The van der Waals surface area contributed by atoms with Crippen LogP contribution in [-0.4, -0.2) is 14.2 Å². The summed E-state index contributed by atoms with van der Waals surface area (Å²) in [5, 5.41) is 0. The molecular weight excluding hydrogens is 94.0 g/mol. The normalized spacial score (nSPS) is 6.86.